The van der Waals surface area contributed by atoms with E-state index in [1.54, 1.807) is 12.2 Å². The van der Waals surface area contributed by atoms with E-state index in [0.29, 0.717) is 6.54 Å². The number of carbonyl (C=O) groups excluding carboxylic acids is 2. The van der Waals surface area contributed by atoms with E-state index < -0.39 is 11.9 Å². The molecule has 1 atom stereocenters. The average Bonchev–Trinajstić information content (AvgIpc) is 2.87. The first-order valence-electron chi connectivity index (χ1n) is 11.8. The normalized spacial score (nSPS) is 18.5. The third kappa shape index (κ3) is 16.6. The van der Waals surface area contributed by atoms with Crippen LogP contribution in [0.4, 0.5) is 0 Å². The molecule has 1 unspecified atom stereocenters. The van der Waals surface area contributed by atoms with Crippen LogP contribution >= 0.6 is 11.8 Å². The fourth-order valence-corrected chi connectivity index (χ4v) is 3.66. The van der Waals surface area contributed by atoms with Gasteiger partial charge in [0.05, 0.1) is 5.25 Å². The zero-order chi connectivity index (χ0) is 27.5. The minimum absolute atomic E-state index is 0.256. The summed E-state index contributed by atoms with van der Waals surface area (Å²) in [5.74, 6) is -1.08. The molecule has 1 saturated heterocycles. The number of carbonyl (C=O) groups is 3. The van der Waals surface area contributed by atoms with Crippen LogP contribution in [0, 0.1) is 0 Å². The third-order valence-electron chi connectivity index (χ3n) is 4.71. The minimum atomic E-state index is -0.966. The van der Waals surface area contributed by atoms with Gasteiger partial charge in [-0.25, -0.2) is 9.59 Å². The van der Waals surface area contributed by atoms with Gasteiger partial charge >= 0.3 is 11.9 Å². The molecule has 1 rings (SSSR count). The SMILES string of the molecule is CC(=C/C=C/C(C)=C/C=C/C=C(C)/C=C/C=C(C)/C=C/C(=O)ONC(=O)C1CNCCS1)/C=C/C(=O)O. The van der Waals surface area contributed by atoms with E-state index in [1.165, 1.54) is 17.8 Å². The molecule has 37 heavy (non-hydrogen) atoms. The minimum Gasteiger partial charge on any atom is -0.478 e. The lowest BCUT2D eigenvalue weighted by Gasteiger charge is -2.20. The first kappa shape index (κ1) is 31.4. The van der Waals surface area contributed by atoms with Crippen molar-refractivity contribution in [2.24, 2.45) is 0 Å². The monoisotopic (exact) mass is 524 g/mol. The summed E-state index contributed by atoms with van der Waals surface area (Å²) in [5.41, 5.74) is 6.01. The number of carboxylic acid groups (broad SMARTS) is 1. The molecule has 1 heterocycles. The number of aliphatic carboxylic acids is 1. The Morgan fingerprint density at radius 3 is 1.81 bits per heavy atom. The number of hydrogen-bond donors (Lipinski definition) is 3. The third-order valence-corrected chi connectivity index (χ3v) is 5.93. The highest BCUT2D eigenvalue weighted by Gasteiger charge is 2.22. The van der Waals surface area contributed by atoms with Gasteiger partial charge in [0.25, 0.3) is 5.91 Å². The summed E-state index contributed by atoms with van der Waals surface area (Å²) >= 11 is 1.53. The van der Waals surface area contributed by atoms with Crippen LogP contribution in [-0.2, 0) is 19.2 Å². The lowest BCUT2D eigenvalue weighted by Crippen LogP contribution is -2.43. The first-order valence-corrected chi connectivity index (χ1v) is 12.9. The van der Waals surface area contributed by atoms with Crippen molar-refractivity contribution < 1.29 is 24.3 Å². The van der Waals surface area contributed by atoms with Crippen LogP contribution in [0.15, 0.2) is 107 Å². The summed E-state index contributed by atoms with van der Waals surface area (Å²) in [5, 5.41) is 11.5. The number of nitrogens with one attached hydrogen (secondary N) is 2. The summed E-state index contributed by atoms with van der Waals surface area (Å²) < 4.78 is 0. The second-order valence-corrected chi connectivity index (χ2v) is 9.51. The van der Waals surface area contributed by atoms with Crippen LogP contribution in [0.2, 0.25) is 0 Å². The maximum Gasteiger partial charge on any atom is 0.355 e. The standard InChI is InChI=1S/C29H36N2O5S/c1-22(11-7-13-24(3)15-17-27(32)33)9-5-6-10-23(2)12-8-14-25(4)16-18-28(34)36-31-29(35)26-21-30-19-20-37-26/h5-18,26,30H,19-21H2,1-4H3,(H,31,35)(H,32,33)/b6-5+,11-7+,12-8+,17-15+,18-16+,22-9+,23-10+,24-13-,25-14+. The molecule has 3 N–H and O–H groups in total. The highest BCUT2D eigenvalue weighted by Crippen LogP contribution is 2.13. The molecular formula is C29H36N2O5S. The van der Waals surface area contributed by atoms with Gasteiger partial charge in [-0.1, -0.05) is 95.2 Å². The highest BCUT2D eigenvalue weighted by molar-refractivity contribution is 8.00. The first-order chi connectivity index (χ1) is 17.7. The molecule has 198 valence electrons. The zero-order valence-corrected chi connectivity index (χ0v) is 22.6. The zero-order valence-electron chi connectivity index (χ0n) is 21.8. The number of amides is 1. The Hall–Kier alpha value is -3.62. The van der Waals surface area contributed by atoms with Gasteiger partial charge in [-0.3, -0.25) is 4.79 Å². The van der Waals surface area contributed by atoms with Crippen LogP contribution in [0.25, 0.3) is 0 Å². The summed E-state index contributed by atoms with van der Waals surface area (Å²) in [4.78, 5) is 39.1. The maximum atomic E-state index is 11.9. The molecule has 0 aromatic carbocycles. The Morgan fingerprint density at radius 2 is 1.30 bits per heavy atom. The predicted octanol–water partition coefficient (Wildman–Crippen LogP) is 4.92. The van der Waals surface area contributed by atoms with Gasteiger partial charge in [-0.05, 0) is 27.7 Å². The van der Waals surface area contributed by atoms with Gasteiger partial charge in [0.2, 0.25) is 0 Å². The van der Waals surface area contributed by atoms with Crippen molar-refractivity contribution in [2.45, 2.75) is 32.9 Å². The van der Waals surface area contributed by atoms with Gasteiger partial charge in [0.1, 0.15) is 0 Å². The van der Waals surface area contributed by atoms with Crippen molar-refractivity contribution >= 4 is 29.6 Å². The molecule has 0 aliphatic carbocycles. The summed E-state index contributed by atoms with van der Waals surface area (Å²) in [6.07, 6.45) is 24.7. The van der Waals surface area contributed by atoms with Gasteiger partial charge in [0.15, 0.2) is 0 Å². The number of thioether (sulfide) groups is 1. The number of carboxylic acids is 1. The number of hydroxylamine groups is 1. The summed E-state index contributed by atoms with van der Waals surface area (Å²) in [6, 6.07) is 0. The molecule has 7 nitrogen and oxygen atoms in total. The molecule has 0 bridgehead atoms. The Kier molecular flexibility index (Phi) is 15.8. The molecule has 0 radical (unpaired) electrons. The van der Waals surface area contributed by atoms with E-state index in [9.17, 15) is 14.4 Å². The van der Waals surface area contributed by atoms with Crippen LogP contribution in [0.5, 0.6) is 0 Å². The fourth-order valence-electron chi connectivity index (χ4n) is 2.68. The number of allylic oxidation sites excluding steroid dienone is 16. The molecule has 1 fully saturated rings. The van der Waals surface area contributed by atoms with Crippen molar-refractivity contribution in [1.82, 2.24) is 10.8 Å². The Balaban J connectivity index is 2.45. The van der Waals surface area contributed by atoms with E-state index in [4.69, 9.17) is 9.94 Å². The van der Waals surface area contributed by atoms with Crippen molar-refractivity contribution in [2.75, 3.05) is 18.8 Å². The van der Waals surface area contributed by atoms with E-state index in [-0.39, 0.29) is 11.2 Å². The van der Waals surface area contributed by atoms with E-state index >= 15 is 0 Å². The van der Waals surface area contributed by atoms with Crippen molar-refractivity contribution in [3.63, 3.8) is 0 Å². The molecule has 1 amide bonds. The second-order valence-electron chi connectivity index (χ2n) is 8.20. The van der Waals surface area contributed by atoms with Crippen LogP contribution in [-0.4, -0.2) is 47.0 Å². The topological polar surface area (TPSA) is 105 Å². The molecule has 0 spiro atoms. The Bertz CT molecular complexity index is 1070. The van der Waals surface area contributed by atoms with E-state index in [2.05, 4.69) is 10.8 Å². The van der Waals surface area contributed by atoms with Crippen molar-refractivity contribution in [3.05, 3.63) is 107 Å². The predicted molar refractivity (Wildman–Crippen MR) is 152 cm³/mol. The molecule has 1 aliphatic rings. The van der Waals surface area contributed by atoms with Crippen molar-refractivity contribution in [1.29, 1.82) is 0 Å². The maximum absolute atomic E-state index is 11.9. The Morgan fingerprint density at radius 1 is 0.784 bits per heavy atom. The molecule has 8 heteroatoms. The highest BCUT2D eigenvalue weighted by atomic mass is 32.2. The number of rotatable bonds is 11. The summed E-state index contributed by atoms with van der Waals surface area (Å²) in [7, 11) is 0. The fraction of sp³-hybridized carbons (Fsp3) is 0.276. The van der Waals surface area contributed by atoms with Crippen LogP contribution < -0.4 is 10.8 Å². The summed E-state index contributed by atoms with van der Waals surface area (Å²) in [6.45, 7) is 9.08. The van der Waals surface area contributed by atoms with Crippen molar-refractivity contribution in [3.8, 4) is 0 Å². The van der Waals surface area contributed by atoms with Crippen LogP contribution in [0.3, 0.4) is 0 Å². The lowest BCUT2D eigenvalue weighted by molar-refractivity contribution is -0.153. The van der Waals surface area contributed by atoms with Gasteiger partial charge < -0.3 is 15.3 Å². The largest absolute Gasteiger partial charge is 0.478 e. The van der Waals surface area contributed by atoms with Gasteiger partial charge in [-0.2, -0.15) is 5.48 Å². The lowest BCUT2D eigenvalue weighted by atomic mass is 10.2. The second kappa shape index (κ2) is 18.6. The molecule has 0 saturated carbocycles. The van der Waals surface area contributed by atoms with E-state index in [0.717, 1.165) is 40.7 Å². The van der Waals surface area contributed by atoms with Gasteiger partial charge in [-0.15, -0.1) is 11.8 Å². The van der Waals surface area contributed by atoms with Crippen LogP contribution in [0.1, 0.15) is 27.7 Å². The average molecular weight is 525 g/mol. The number of hydrogen-bond acceptors (Lipinski definition) is 6. The molecular weight excluding hydrogens is 488 g/mol. The van der Waals surface area contributed by atoms with E-state index in [1.807, 2.05) is 88.5 Å². The smallest absolute Gasteiger partial charge is 0.355 e. The Labute approximate surface area is 223 Å². The van der Waals surface area contributed by atoms with Gasteiger partial charge in [0, 0.05) is 31.0 Å². The molecule has 0 aromatic heterocycles. The molecule has 1 aliphatic heterocycles. The molecule has 0 aromatic rings. The quantitative estimate of drug-likeness (QED) is 0.200.